The lowest BCUT2D eigenvalue weighted by atomic mass is 9.99. The van der Waals surface area contributed by atoms with Gasteiger partial charge in [-0.15, -0.1) is 0 Å². The zero-order chi connectivity index (χ0) is 11.5. The topological polar surface area (TPSA) is 43.8 Å². The maximum absolute atomic E-state index is 5.86. The molecule has 16 heavy (non-hydrogen) atoms. The van der Waals surface area contributed by atoms with Crippen LogP contribution in [0.1, 0.15) is 12.5 Å². The number of aromatic nitrogens is 2. The second-order valence-electron chi connectivity index (χ2n) is 4.23. The van der Waals surface area contributed by atoms with Crippen molar-refractivity contribution in [1.82, 2.24) is 9.55 Å². The number of nitrogens with zero attached hydrogens (tertiary/aromatic N) is 2. The number of hydrogen-bond donors (Lipinski definition) is 1. The van der Waals surface area contributed by atoms with Crippen molar-refractivity contribution in [3.63, 3.8) is 0 Å². The molecule has 0 amide bonds. The summed E-state index contributed by atoms with van der Waals surface area (Å²) in [5, 5.41) is 0. The molecule has 0 saturated carbocycles. The number of hydrogen-bond acceptors (Lipinski definition) is 2. The molecule has 0 fully saturated rings. The van der Waals surface area contributed by atoms with Crippen LogP contribution in [0.4, 0.5) is 0 Å². The Hall–Kier alpha value is -1.61. The molecule has 3 heteroatoms. The molecule has 0 radical (unpaired) electrons. The Labute approximate surface area is 95.9 Å². The molecule has 0 aliphatic carbocycles. The van der Waals surface area contributed by atoms with Gasteiger partial charge in [0.25, 0.3) is 0 Å². The minimum absolute atomic E-state index is 0.175. The molecular formula is C13H17N3. The van der Waals surface area contributed by atoms with E-state index in [9.17, 15) is 0 Å². The molecule has 0 spiro atoms. The van der Waals surface area contributed by atoms with Crippen molar-refractivity contribution in [1.29, 1.82) is 0 Å². The fourth-order valence-electron chi connectivity index (χ4n) is 1.91. The van der Waals surface area contributed by atoms with Gasteiger partial charge < -0.3 is 10.3 Å². The van der Waals surface area contributed by atoms with Gasteiger partial charge in [-0.2, -0.15) is 0 Å². The van der Waals surface area contributed by atoms with Crippen molar-refractivity contribution in [2.45, 2.75) is 19.4 Å². The first kappa shape index (κ1) is 10.9. The molecule has 3 nitrogen and oxygen atoms in total. The zero-order valence-corrected chi connectivity index (χ0v) is 9.72. The SMILES string of the molecule is CC(N)Cc1ccccc1-c1cncn1C. The Morgan fingerprint density at radius 3 is 2.75 bits per heavy atom. The van der Waals surface area contributed by atoms with Crippen LogP contribution in [0.15, 0.2) is 36.8 Å². The Bertz CT molecular complexity index is 472. The molecule has 1 atom stereocenters. The highest BCUT2D eigenvalue weighted by Crippen LogP contribution is 2.23. The van der Waals surface area contributed by atoms with Crippen molar-refractivity contribution in [3.8, 4) is 11.3 Å². The Kier molecular flexibility index (Phi) is 3.06. The summed E-state index contributed by atoms with van der Waals surface area (Å²) in [4.78, 5) is 4.15. The summed E-state index contributed by atoms with van der Waals surface area (Å²) in [5.41, 5.74) is 9.50. The maximum atomic E-state index is 5.86. The lowest BCUT2D eigenvalue weighted by Crippen LogP contribution is -2.18. The number of imidazole rings is 1. The van der Waals surface area contributed by atoms with Crippen LogP contribution in [-0.2, 0) is 13.5 Å². The van der Waals surface area contributed by atoms with Gasteiger partial charge in [0.2, 0.25) is 0 Å². The summed E-state index contributed by atoms with van der Waals surface area (Å²) in [6, 6.07) is 8.53. The Balaban J connectivity index is 2.44. The van der Waals surface area contributed by atoms with Crippen LogP contribution in [0, 0.1) is 0 Å². The van der Waals surface area contributed by atoms with E-state index in [1.54, 1.807) is 0 Å². The maximum Gasteiger partial charge on any atom is 0.0948 e. The van der Waals surface area contributed by atoms with Crippen molar-refractivity contribution < 1.29 is 0 Å². The highest BCUT2D eigenvalue weighted by atomic mass is 15.0. The first-order valence-electron chi connectivity index (χ1n) is 5.48. The van der Waals surface area contributed by atoms with Crippen LogP contribution in [-0.4, -0.2) is 15.6 Å². The molecule has 2 aromatic rings. The number of aryl methyl sites for hydroxylation is 1. The van der Waals surface area contributed by atoms with E-state index in [0.717, 1.165) is 12.1 Å². The second kappa shape index (κ2) is 4.49. The van der Waals surface area contributed by atoms with Crippen LogP contribution < -0.4 is 5.73 Å². The third-order valence-corrected chi connectivity index (χ3v) is 2.65. The standard InChI is InChI=1S/C13H17N3/c1-10(14)7-11-5-3-4-6-12(11)13-8-15-9-16(13)2/h3-6,8-10H,7,14H2,1-2H3. The first-order chi connectivity index (χ1) is 7.68. The summed E-state index contributed by atoms with van der Waals surface area (Å²) in [6.45, 7) is 2.03. The van der Waals surface area contributed by atoms with Gasteiger partial charge in [0.05, 0.1) is 18.2 Å². The molecule has 0 aliphatic rings. The van der Waals surface area contributed by atoms with Gasteiger partial charge >= 0.3 is 0 Å². The van der Waals surface area contributed by atoms with Gasteiger partial charge in [-0.05, 0) is 18.9 Å². The van der Waals surface area contributed by atoms with Gasteiger partial charge in [0.15, 0.2) is 0 Å². The average Bonchev–Trinajstić information content (AvgIpc) is 2.64. The fraction of sp³-hybridized carbons (Fsp3) is 0.308. The quantitative estimate of drug-likeness (QED) is 0.850. The molecule has 0 bridgehead atoms. The average molecular weight is 215 g/mol. The number of nitrogens with two attached hydrogens (primary N) is 1. The van der Waals surface area contributed by atoms with Crippen molar-refractivity contribution in [2.75, 3.05) is 0 Å². The fourth-order valence-corrected chi connectivity index (χ4v) is 1.91. The molecule has 2 N–H and O–H groups in total. The number of rotatable bonds is 3. The minimum Gasteiger partial charge on any atom is -0.334 e. The molecule has 2 rings (SSSR count). The Morgan fingerprint density at radius 1 is 1.38 bits per heavy atom. The van der Waals surface area contributed by atoms with Crippen molar-refractivity contribution >= 4 is 0 Å². The molecule has 84 valence electrons. The van der Waals surface area contributed by atoms with Crippen LogP contribution in [0.5, 0.6) is 0 Å². The smallest absolute Gasteiger partial charge is 0.0948 e. The monoisotopic (exact) mass is 215 g/mol. The summed E-state index contributed by atoms with van der Waals surface area (Å²) in [7, 11) is 2.00. The van der Waals surface area contributed by atoms with E-state index >= 15 is 0 Å². The zero-order valence-electron chi connectivity index (χ0n) is 9.72. The molecule has 0 aliphatic heterocycles. The van der Waals surface area contributed by atoms with E-state index in [1.165, 1.54) is 11.1 Å². The van der Waals surface area contributed by atoms with Crippen molar-refractivity contribution in [3.05, 3.63) is 42.4 Å². The molecule has 1 unspecified atom stereocenters. The normalized spacial score (nSPS) is 12.7. The van der Waals surface area contributed by atoms with Gasteiger partial charge in [0, 0.05) is 18.7 Å². The summed E-state index contributed by atoms with van der Waals surface area (Å²) in [5.74, 6) is 0. The van der Waals surface area contributed by atoms with Gasteiger partial charge in [-0.3, -0.25) is 0 Å². The van der Waals surface area contributed by atoms with E-state index in [4.69, 9.17) is 5.73 Å². The highest BCUT2D eigenvalue weighted by Gasteiger charge is 2.08. The predicted molar refractivity (Wildman–Crippen MR) is 66.0 cm³/mol. The summed E-state index contributed by atoms with van der Waals surface area (Å²) < 4.78 is 2.03. The van der Waals surface area contributed by atoms with E-state index in [2.05, 4.69) is 23.2 Å². The van der Waals surface area contributed by atoms with Crippen LogP contribution >= 0.6 is 0 Å². The van der Waals surface area contributed by atoms with Gasteiger partial charge in [0.1, 0.15) is 0 Å². The molecule has 1 aromatic carbocycles. The van der Waals surface area contributed by atoms with Crippen LogP contribution in [0.2, 0.25) is 0 Å². The van der Waals surface area contributed by atoms with E-state index in [-0.39, 0.29) is 6.04 Å². The van der Waals surface area contributed by atoms with E-state index in [0.29, 0.717) is 0 Å². The summed E-state index contributed by atoms with van der Waals surface area (Å²) >= 11 is 0. The minimum atomic E-state index is 0.175. The molecule has 0 saturated heterocycles. The van der Waals surface area contributed by atoms with Crippen LogP contribution in [0.3, 0.4) is 0 Å². The van der Waals surface area contributed by atoms with Crippen LogP contribution in [0.25, 0.3) is 11.3 Å². The van der Waals surface area contributed by atoms with E-state index < -0.39 is 0 Å². The second-order valence-corrected chi connectivity index (χ2v) is 4.23. The van der Waals surface area contributed by atoms with Crippen molar-refractivity contribution in [2.24, 2.45) is 12.8 Å². The summed E-state index contributed by atoms with van der Waals surface area (Å²) in [6.07, 6.45) is 4.60. The van der Waals surface area contributed by atoms with Gasteiger partial charge in [-0.25, -0.2) is 4.98 Å². The first-order valence-corrected chi connectivity index (χ1v) is 5.48. The molecular weight excluding hydrogens is 198 g/mol. The van der Waals surface area contributed by atoms with E-state index in [1.807, 2.05) is 37.1 Å². The lowest BCUT2D eigenvalue weighted by molar-refractivity contribution is 0.738. The molecule has 1 aromatic heterocycles. The molecule has 1 heterocycles. The predicted octanol–water partition coefficient (Wildman–Crippen LogP) is 1.98. The third-order valence-electron chi connectivity index (χ3n) is 2.65. The Morgan fingerprint density at radius 2 is 2.12 bits per heavy atom. The highest BCUT2D eigenvalue weighted by molar-refractivity contribution is 5.63. The van der Waals surface area contributed by atoms with Gasteiger partial charge in [-0.1, -0.05) is 24.3 Å². The lowest BCUT2D eigenvalue weighted by Gasteiger charge is -2.11. The largest absolute Gasteiger partial charge is 0.334 e. The third kappa shape index (κ3) is 2.14. The number of benzene rings is 1.